The Balaban J connectivity index is 1.91. The van der Waals surface area contributed by atoms with Crippen molar-refractivity contribution in [3.05, 3.63) is 0 Å². The van der Waals surface area contributed by atoms with Gasteiger partial charge in [0.1, 0.15) is 0 Å². The number of hydrogen-bond acceptors (Lipinski definition) is 1. The minimum Gasteiger partial charge on any atom is -0.311 e. The third-order valence-corrected chi connectivity index (χ3v) is 3.39. The highest BCUT2D eigenvalue weighted by Crippen LogP contribution is 2.33. The lowest BCUT2D eigenvalue weighted by atomic mass is 9.88. The molecule has 1 unspecified atom stereocenters. The summed E-state index contributed by atoms with van der Waals surface area (Å²) < 4.78 is 0. The Morgan fingerprint density at radius 1 is 1.18 bits per heavy atom. The fourth-order valence-electron chi connectivity index (χ4n) is 2.78. The molecule has 2 fully saturated rings. The van der Waals surface area contributed by atoms with E-state index in [1.165, 1.54) is 38.5 Å². The molecule has 0 aliphatic carbocycles. The van der Waals surface area contributed by atoms with E-state index in [0.717, 1.165) is 18.0 Å². The molecule has 2 heterocycles. The minimum absolute atomic E-state index is 0.896. The first-order valence-electron chi connectivity index (χ1n) is 5.16. The van der Waals surface area contributed by atoms with E-state index < -0.39 is 0 Å². The van der Waals surface area contributed by atoms with Crippen LogP contribution in [0.25, 0.3) is 0 Å². The maximum absolute atomic E-state index is 3.73. The van der Waals surface area contributed by atoms with E-state index in [9.17, 15) is 0 Å². The predicted octanol–water partition coefficient (Wildman–Crippen LogP) is 2.32. The SMILES string of the molecule is CCCC1CC[C@@H]2CC[C@H]1N2. The van der Waals surface area contributed by atoms with E-state index in [-0.39, 0.29) is 0 Å². The Bertz CT molecular complexity index is 133. The Kier molecular flexibility index (Phi) is 2.17. The number of nitrogens with one attached hydrogen (secondary N) is 1. The Morgan fingerprint density at radius 2 is 2.00 bits per heavy atom. The molecule has 0 amide bonds. The van der Waals surface area contributed by atoms with E-state index in [2.05, 4.69) is 12.2 Å². The van der Waals surface area contributed by atoms with Crippen molar-refractivity contribution in [2.75, 3.05) is 0 Å². The monoisotopic (exact) mass is 153 g/mol. The van der Waals surface area contributed by atoms with E-state index in [1.54, 1.807) is 0 Å². The largest absolute Gasteiger partial charge is 0.311 e. The second-order valence-corrected chi connectivity index (χ2v) is 4.17. The highest BCUT2D eigenvalue weighted by atomic mass is 15.0. The zero-order valence-electron chi connectivity index (χ0n) is 7.47. The zero-order chi connectivity index (χ0) is 7.68. The Morgan fingerprint density at radius 3 is 2.82 bits per heavy atom. The van der Waals surface area contributed by atoms with Crippen molar-refractivity contribution >= 4 is 0 Å². The van der Waals surface area contributed by atoms with E-state index >= 15 is 0 Å². The molecular formula is C10H19N. The van der Waals surface area contributed by atoms with Gasteiger partial charge in [0, 0.05) is 12.1 Å². The second kappa shape index (κ2) is 3.14. The van der Waals surface area contributed by atoms with E-state index in [4.69, 9.17) is 0 Å². The maximum atomic E-state index is 3.73. The molecule has 2 rings (SSSR count). The highest BCUT2D eigenvalue weighted by molar-refractivity contribution is 4.92. The minimum atomic E-state index is 0.896. The van der Waals surface area contributed by atoms with Gasteiger partial charge in [0.15, 0.2) is 0 Å². The van der Waals surface area contributed by atoms with Crippen LogP contribution in [0.15, 0.2) is 0 Å². The summed E-state index contributed by atoms with van der Waals surface area (Å²) in [6, 6.07) is 1.79. The molecule has 1 N–H and O–H groups in total. The Hall–Kier alpha value is -0.0400. The molecule has 2 aliphatic rings. The van der Waals surface area contributed by atoms with Crippen LogP contribution in [0.5, 0.6) is 0 Å². The third-order valence-electron chi connectivity index (χ3n) is 3.39. The molecule has 2 aliphatic heterocycles. The van der Waals surface area contributed by atoms with Gasteiger partial charge < -0.3 is 5.32 Å². The number of fused-ring (bicyclic) bond motifs is 2. The van der Waals surface area contributed by atoms with Crippen molar-refractivity contribution in [1.82, 2.24) is 5.32 Å². The standard InChI is InChI=1S/C10H19N/c1-2-3-8-4-5-9-6-7-10(8)11-9/h8-11H,2-7H2,1H3/t8?,9-,10-/m1/s1. The van der Waals surface area contributed by atoms with Gasteiger partial charge in [-0.15, -0.1) is 0 Å². The smallest absolute Gasteiger partial charge is 0.00985 e. The Labute approximate surface area is 69.6 Å². The average Bonchev–Trinajstić information content (AvgIpc) is 2.40. The summed E-state index contributed by atoms with van der Waals surface area (Å²) in [6.45, 7) is 2.31. The number of rotatable bonds is 2. The lowest BCUT2D eigenvalue weighted by Crippen LogP contribution is -2.40. The van der Waals surface area contributed by atoms with Gasteiger partial charge in [0.05, 0.1) is 0 Å². The van der Waals surface area contributed by atoms with Crippen LogP contribution < -0.4 is 5.32 Å². The number of piperidine rings is 1. The molecule has 64 valence electrons. The van der Waals surface area contributed by atoms with Gasteiger partial charge in [0.2, 0.25) is 0 Å². The van der Waals surface area contributed by atoms with Crippen molar-refractivity contribution in [1.29, 1.82) is 0 Å². The first-order valence-corrected chi connectivity index (χ1v) is 5.16. The summed E-state index contributed by atoms with van der Waals surface area (Å²) in [5, 5.41) is 3.73. The molecule has 0 saturated carbocycles. The van der Waals surface area contributed by atoms with Crippen molar-refractivity contribution in [3.8, 4) is 0 Å². The van der Waals surface area contributed by atoms with Crippen LogP contribution in [-0.2, 0) is 0 Å². The van der Waals surface area contributed by atoms with E-state index in [0.29, 0.717) is 0 Å². The van der Waals surface area contributed by atoms with Crippen LogP contribution in [-0.4, -0.2) is 12.1 Å². The van der Waals surface area contributed by atoms with Crippen LogP contribution in [0.3, 0.4) is 0 Å². The summed E-state index contributed by atoms with van der Waals surface area (Å²) in [4.78, 5) is 0. The first-order chi connectivity index (χ1) is 5.40. The molecule has 2 saturated heterocycles. The number of hydrogen-bond donors (Lipinski definition) is 1. The summed E-state index contributed by atoms with van der Waals surface area (Å²) >= 11 is 0. The van der Waals surface area contributed by atoms with Gasteiger partial charge in [0.25, 0.3) is 0 Å². The molecule has 0 aromatic carbocycles. The first kappa shape index (κ1) is 7.60. The predicted molar refractivity (Wildman–Crippen MR) is 47.6 cm³/mol. The van der Waals surface area contributed by atoms with Gasteiger partial charge >= 0.3 is 0 Å². The quantitative estimate of drug-likeness (QED) is 0.642. The molecular weight excluding hydrogens is 134 g/mol. The molecule has 1 heteroatoms. The lowest BCUT2D eigenvalue weighted by molar-refractivity contribution is 0.274. The van der Waals surface area contributed by atoms with Gasteiger partial charge in [-0.05, 0) is 38.0 Å². The van der Waals surface area contributed by atoms with Crippen LogP contribution in [0.2, 0.25) is 0 Å². The fraction of sp³-hybridized carbons (Fsp3) is 1.00. The third kappa shape index (κ3) is 1.44. The second-order valence-electron chi connectivity index (χ2n) is 4.17. The molecule has 0 spiro atoms. The van der Waals surface area contributed by atoms with Gasteiger partial charge in [-0.1, -0.05) is 13.3 Å². The molecule has 0 aromatic heterocycles. The molecule has 3 atom stereocenters. The van der Waals surface area contributed by atoms with Crippen molar-refractivity contribution in [3.63, 3.8) is 0 Å². The molecule has 0 aromatic rings. The normalized spacial score (nSPS) is 42.8. The van der Waals surface area contributed by atoms with Crippen LogP contribution >= 0.6 is 0 Å². The maximum Gasteiger partial charge on any atom is 0.00985 e. The van der Waals surface area contributed by atoms with Crippen molar-refractivity contribution in [2.45, 2.75) is 57.5 Å². The molecule has 11 heavy (non-hydrogen) atoms. The van der Waals surface area contributed by atoms with Gasteiger partial charge in [-0.3, -0.25) is 0 Å². The van der Waals surface area contributed by atoms with Gasteiger partial charge in [-0.25, -0.2) is 0 Å². The van der Waals surface area contributed by atoms with Crippen LogP contribution in [0.4, 0.5) is 0 Å². The van der Waals surface area contributed by atoms with Crippen LogP contribution in [0.1, 0.15) is 45.4 Å². The summed E-state index contributed by atoms with van der Waals surface area (Å²) in [5.74, 6) is 1.01. The zero-order valence-corrected chi connectivity index (χ0v) is 7.47. The van der Waals surface area contributed by atoms with Crippen molar-refractivity contribution in [2.24, 2.45) is 5.92 Å². The summed E-state index contributed by atoms with van der Waals surface area (Å²) in [5.41, 5.74) is 0. The fourth-order valence-corrected chi connectivity index (χ4v) is 2.78. The molecule has 0 radical (unpaired) electrons. The topological polar surface area (TPSA) is 12.0 Å². The molecule has 1 nitrogen and oxygen atoms in total. The summed E-state index contributed by atoms with van der Waals surface area (Å²) in [7, 11) is 0. The van der Waals surface area contributed by atoms with Crippen molar-refractivity contribution < 1.29 is 0 Å². The molecule has 2 bridgehead atoms. The average molecular weight is 153 g/mol. The lowest BCUT2D eigenvalue weighted by Gasteiger charge is -2.29. The highest BCUT2D eigenvalue weighted by Gasteiger charge is 2.33. The van der Waals surface area contributed by atoms with E-state index in [1.807, 2.05) is 0 Å². The van der Waals surface area contributed by atoms with Gasteiger partial charge in [-0.2, -0.15) is 0 Å². The van der Waals surface area contributed by atoms with Crippen LogP contribution in [0, 0.1) is 5.92 Å². The summed E-state index contributed by atoms with van der Waals surface area (Å²) in [6.07, 6.45) is 8.66.